The highest BCUT2D eigenvalue weighted by molar-refractivity contribution is 6.32. The Morgan fingerprint density at radius 2 is 1.78 bits per heavy atom. The number of rotatable bonds is 4. The predicted octanol–water partition coefficient (Wildman–Crippen LogP) is 7.87. The van der Waals surface area contributed by atoms with Crippen LogP contribution in [-0.4, -0.2) is 41.3 Å². The van der Waals surface area contributed by atoms with Gasteiger partial charge >= 0.3 is 5.97 Å². The van der Waals surface area contributed by atoms with E-state index in [9.17, 15) is 9.59 Å². The summed E-state index contributed by atoms with van der Waals surface area (Å²) in [6, 6.07) is 21.1. The molecule has 0 radical (unpaired) electrons. The standard InChI is InChI=1S/C34H28Cl2N2O3/c1-20-13-15-27-23(18-20)31-32(28(37-27)16-14-21-8-3-5-10-25(21)35)30(22-9-4-6-11-26(22)36)29-12-7-17-38(29)19-24(33(31)39)34(40)41-2/h3-6,8-11,13-16,18-19,29-30H,7,12,17H2,1-2H3/b16-14+,24-19+/t29-,30-/m1/s1. The van der Waals surface area contributed by atoms with Crippen LogP contribution in [0.3, 0.4) is 0 Å². The topological polar surface area (TPSA) is 59.5 Å². The molecular weight excluding hydrogens is 555 g/mol. The molecule has 5 nitrogen and oxygen atoms in total. The van der Waals surface area contributed by atoms with Gasteiger partial charge in [0.25, 0.3) is 0 Å². The summed E-state index contributed by atoms with van der Waals surface area (Å²) in [6.45, 7) is 2.69. The smallest absolute Gasteiger partial charge is 0.343 e. The lowest BCUT2D eigenvalue weighted by atomic mass is 9.77. The normalized spacial score (nSPS) is 19.9. The third kappa shape index (κ3) is 4.94. The van der Waals surface area contributed by atoms with Crippen LogP contribution in [0.2, 0.25) is 10.0 Å². The van der Waals surface area contributed by atoms with Gasteiger partial charge in [0, 0.05) is 45.7 Å². The van der Waals surface area contributed by atoms with Gasteiger partial charge in [-0.15, -0.1) is 0 Å². The molecule has 41 heavy (non-hydrogen) atoms. The van der Waals surface area contributed by atoms with E-state index in [2.05, 4.69) is 4.90 Å². The Kier molecular flexibility index (Phi) is 7.41. The molecule has 2 aliphatic rings. The molecule has 0 amide bonds. The first-order chi connectivity index (χ1) is 19.9. The Hall–Kier alpha value is -3.93. The van der Waals surface area contributed by atoms with E-state index < -0.39 is 5.97 Å². The molecule has 3 aromatic carbocycles. The van der Waals surface area contributed by atoms with E-state index in [0.717, 1.165) is 35.1 Å². The summed E-state index contributed by atoms with van der Waals surface area (Å²) in [6.07, 6.45) is 7.29. The van der Waals surface area contributed by atoms with E-state index in [4.69, 9.17) is 32.9 Å². The zero-order valence-electron chi connectivity index (χ0n) is 22.7. The second-order valence-corrected chi connectivity index (χ2v) is 11.3. The minimum atomic E-state index is -0.659. The Balaban J connectivity index is 1.74. The highest BCUT2D eigenvalue weighted by atomic mass is 35.5. The third-order valence-corrected chi connectivity index (χ3v) is 8.67. The lowest BCUT2D eigenvalue weighted by Crippen LogP contribution is -2.36. The summed E-state index contributed by atoms with van der Waals surface area (Å²) < 4.78 is 5.12. The van der Waals surface area contributed by atoms with Crippen molar-refractivity contribution in [3.8, 4) is 0 Å². The number of pyridine rings is 1. The van der Waals surface area contributed by atoms with Crippen LogP contribution in [0.25, 0.3) is 23.1 Å². The third-order valence-electron chi connectivity index (χ3n) is 7.98. The molecule has 1 aromatic heterocycles. The van der Waals surface area contributed by atoms with Crippen LogP contribution in [0.1, 0.15) is 57.1 Å². The second kappa shape index (κ2) is 11.2. The molecular formula is C34H28Cl2N2O3. The number of hydrogen-bond acceptors (Lipinski definition) is 5. The minimum absolute atomic E-state index is 0.00768. The van der Waals surface area contributed by atoms with Gasteiger partial charge in [-0.1, -0.05) is 77.3 Å². The molecule has 1 fully saturated rings. The number of carbonyl (C=O) groups is 2. The number of esters is 1. The summed E-state index contributed by atoms with van der Waals surface area (Å²) >= 11 is 13.4. The van der Waals surface area contributed by atoms with Gasteiger partial charge in [-0.25, -0.2) is 9.78 Å². The lowest BCUT2D eigenvalue weighted by molar-refractivity contribution is -0.135. The van der Waals surface area contributed by atoms with Crippen LogP contribution in [0, 0.1) is 6.92 Å². The summed E-state index contributed by atoms with van der Waals surface area (Å²) in [5.74, 6) is -1.34. The molecule has 0 bridgehead atoms. The fourth-order valence-electron chi connectivity index (χ4n) is 6.11. The van der Waals surface area contributed by atoms with Crippen LogP contribution in [0.15, 0.2) is 78.5 Å². The molecule has 2 aliphatic heterocycles. The van der Waals surface area contributed by atoms with Crippen molar-refractivity contribution in [2.24, 2.45) is 0 Å². The summed E-state index contributed by atoms with van der Waals surface area (Å²) in [5.41, 5.74) is 5.22. The van der Waals surface area contributed by atoms with Crippen molar-refractivity contribution in [2.75, 3.05) is 13.7 Å². The van der Waals surface area contributed by atoms with Crippen LogP contribution < -0.4 is 0 Å². The van der Waals surface area contributed by atoms with Crippen LogP contribution >= 0.6 is 23.2 Å². The fraction of sp³-hybridized carbons (Fsp3) is 0.206. The van der Waals surface area contributed by atoms with E-state index in [1.54, 1.807) is 6.20 Å². The van der Waals surface area contributed by atoms with E-state index in [-0.39, 0.29) is 23.3 Å². The average molecular weight is 584 g/mol. The molecule has 1 saturated heterocycles. The zero-order chi connectivity index (χ0) is 28.7. The molecule has 7 heteroatoms. The van der Waals surface area contributed by atoms with Crippen molar-refractivity contribution in [1.29, 1.82) is 0 Å². The molecule has 0 spiro atoms. The number of methoxy groups -OCH3 is 1. The van der Waals surface area contributed by atoms with Crippen LogP contribution in [0.5, 0.6) is 0 Å². The largest absolute Gasteiger partial charge is 0.465 e. The Morgan fingerprint density at radius 1 is 1.02 bits per heavy atom. The number of halogens is 2. The van der Waals surface area contributed by atoms with Gasteiger partial charge in [-0.3, -0.25) is 4.79 Å². The molecule has 3 heterocycles. The number of hydrogen-bond donors (Lipinski definition) is 0. The first-order valence-electron chi connectivity index (χ1n) is 13.6. The summed E-state index contributed by atoms with van der Waals surface area (Å²) in [4.78, 5) is 34.8. The Bertz CT molecular complexity index is 1760. The fourth-order valence-corrected chi connectivity index (χ4v) is 6.56. The van der Waals surface area contributed by atoms with Crippen LogP contribution in [0.4, 0.5) is 0 Å². The summed E-state index contributed by atoms with van der Waals surface area (Å²) in [5, 5.41) is 1.92. The van der Waals surface area contributed by atoms with Gasteiger partial charge in [0.2, 0.25) is 5.78 Å². The highest BCUT2D eigenvalue weighted by Gasteiger charge is 2.41. The lowest BCUT2D eigenvalue weighted by Gasteiger charge is -2.36. The number of benzene rings is 3. The molecule has 0 unspecified atom stereocenters. The first kappa shape index (κ1) is 27.3. The number of carbonyl (C=O) groups excluding carboxylic acids is 2. The van der Waals surface area contributed by atoms with Gasteiger partial charge in [-0.2, -0.15) is 0 Å². The van der Waals surface area contributed by atoms with Gasteiger partial charge < -0.3 is 9.64 Å². The molecule has 0 saturated carbocycles. The van der Waals surface area contributed by atoms with Crippen molar-refractivity contribution < 1.29 is 14.3 Å². The van der Waals surface area contributed by atoms with Crippen molar-refractivity contribution in [3.05, 3.63) is 122 Å². The van der Waals surface area contributed by atoms with Crippen molar-refractivity contribution in [2.45, 2.75) is 31.7 Å². The average Bonchev–Trinajstić information content (AvgIpc) is 3.42. The van der Waals surface area contributed by atoms with Crippen molar-refractivity contribution in [1.82, 2.24) is 9.88 Å². The number of ketones is 1. The van der Waals surface area contributed by atoms with E-state index >= 15 is 0 Å². The molecule has 4 aromatic rings. The maximum atomic E-state index is 14.5. The molecule has 2 atom stereocenters. The first-order valence-corrected chi connectivity index (χ1v) is 14.3. The Labute approximate surface area is 249 Å². The molecule has 6 rings (SSSR count). The minimum Gasteiger partial charge on any atom is -0.465 e. The quantitative estimate of drug-likeness (QED) is 0.181. The van der Waals surface area contributed by atoms with Crippen LogP contribution in [-0.2, 0) is 9.53 Å². The number of nitrogens with zero attached hydrogens (tertiary/aromatic N) is 2. The van der Waals surface area contributed by atoms with Gasteiger partial charge in [0.1, 0.15) is 5.57 Å². The maximum absolute atomic E-state index is 14.5. The van der Waals surface area contributed by atoms with Gasteiger partial charge in [0.05, 0.1) is 18.3 Å². The van der Waals surface area contributed by atoms with Crippen molar-refractivity contribution >= 4 is 58.0 Å². The number of aromatic nitrogens is 1. The predicted molar refractivity (Wildman–Crippen MR) is 164 cm³/mol. The van der Waals surface area contributed by atoms with E-state index in [1.807, 2.05) is 85.8 Å². The molecule has 206 valence electrons. The highest BCUT2D eigenvalue weighted by Crippen LogP contribution is 2.45. The Morgan fingerprint density at radius 3 is 2.54 bits per heavy atom. The van der Waals surface area contributed by atoms with E-state index in [1.165, 1.54) is 7.11 Å². The van der Waals surface area contributed by atoms with Crippen molar-refractivity contribution in [3.63, 3.8) is 0 Å². The second-order valence-electron chi connectivity index (χ2n) is 10.5. The SMILES string of the molecule is COC(=O)/C1=C/N2CCC[C@@H]2[C@@H](c2ccccc2Cl)c2c(/C=C/c3ccccc3Cl)nc3ccc(C)cc3c2C1=O. The maximum Gasteiger partial charge on any atom is 0.343 e. The van der Waals surface area contributed by atoms with Gasteiger partial charge in [-0.05, 0) is 66.8 Å². The molecule has 0 aliphatic carbocycles. The zero-order valence-corrected chi connectivity index (χ0v) is 24.2. The number of aryl methyl sites for hydroxylation is 1. The van der Waals surface area contributed by atoms with Gasteiger partial charge in [0.15, 0.2) is 0 Å². The number of Topliss-reactive ketones (excluding diaryl/α,β-unsaturated/α-hetero) is 1. The number of ether oxygens (including phenoxy) is 1. The molecule has 0 N–H and O–H groups in total. The summed E-state index contributed by atoms with van der Waals surface area (Å²) in [7, 11) is 1.30. The monoisotopic (exact) mass is 582 g/mol. The number of fused-ring (bicyclic) bond motifs is 4. The van der Waals surface area contributed by atoms with E-state index in [0.29, 0.717) is 38.8 Å².